The van der Waals surface area contributed by atoms with E-state index in [-0.39, 0.29) is 24.3 Å². The molecule has 6 heteroatoms. The van der Waals surface area contributed by atoms with Gasteiger partial charge in [-0.3, -0.25) is 14.4 Å². The monoisotopic (exact) mass is 344 g/mol. The van der Waals surface area contributed by atoms with Crippen molar-refractivity contribution >= 4 is 23.5 Å². The first kappa shape index (κ1) is 17.5. The Labute approximate surface area is 147 Å². The highest BCUT2D eigenvalue weighted by atomic mass is 16.4. The van der Waals surface area contributed by atoms with Crippen molar-refractivity contribution in [2.45, 2.75) is 51.0 Å². The van der Waals surface area contributed by atoms with Crippen LogP contribution in [0.3, 0.4) is 0 Å². The summed E-state index contributed by atoms with van der Waals surface area (Å²) in [6.45, 7) is 1.36. The third-order valence-electron chi connectivity index (χ3n) is 5.06. The molecule has 2 fully saturated rings. The number of benzene rings is 1. The topological polar surface area (TPSA) is 77.9 Å². The molecule has 0 aliphatic carbocycles. The van der Waals surface area contributed by atoms with E-state index in [4.69, 9.17) is 5.11 Å². The predicted octanol–water partition coefficient (Wildman–Crippen LogP) is 2.67. The van der Waals surface area contributed by atoms with Crippen molar-refractivity contribution < 1.29 is 19.5 Å². The first-order valence-electron chi connectivity index (χ1n) is 8.99. The summed E-state index contributed by atoms with van der Waals surface area (Å²) in [6.07, 6.45) is 4.80. The molecule has 0 radical (unpaired) electrons. The number of hydrogen-bond donors (Lipinski definition) is 1. The summed E-state index contributed by atoms with van der Waals surface area (Å²) >= 11 is 0. The van der Waals surface area contributed by atoms with Gasteiger partial charge in [0.2, 0.25) is 5.91 Å². The molecule has 0 spiro atoms. The van der Waals surface area contributed by atoms with Gasteiger partial charge in [0.25, 0.3) is 5.91 Å². The molecular weight excluding hydrogens is 320 g/mol. The van der Waals surface area contributed by atoms with E-state index in [0.29, 0.717) is 31.5 Å². The van der Waals surface area contributed by atoms with E-state index >= 15 is 0 Å². The van der Waals surface area contributed by atoms with E-state index in [2.05, 4.69) is 0 Å². The van der Waals surface area contributed by atoms with Crippen LogP contribution < -0.4 is 4.90 Å². The summed E-state index contributed by atoms with van der Waals surface area (Å²) in [4.78, 5) is 39.3. The summed E-state index contributed by atoms with van der Waals surface area (Å²) in [5.74, 6) is -0.794. The molecule has 134 valence electrons. The first-order chi connectivity index (χ1) is 12.1. The minimum Gasteiger partial charge on any atom is -0.481 e. The average Bonchev–Trinajstić information content (AvgIpc) is 3.05. The van der Waals surface area contributed by atoms with Gasteiger partial charge in [-0.05, 0) is 50.3 Å². The average molecular weight is 344 g/mol. The minimum atomic E-state index is -0.826. The molecule has 2 heterocycles. The lowest BCUT2D eigenvalue weighted by Crippen LogP contribution is -2.44. The Morgan fingerprint density at radius 3 is 2.72 bits per heavy atom. The fourth-order valence-corrected chi connectivity index (χ4v) is 3.75. The molecule has 3 rings (SSSR count). The van der Waals surface area contributed by atoms with Crippen molar-refractivity contribution in [3.63, 3.8) is 0 Å². The van der Waals surface area contributed by atoms with Crippen LogP contribution >= 0.6 is 0 Å². The van der Waals surface area contributed by atoms with Gasteiger partial charge in [0, 0.05) is 43.2 Å². The van der Waals surface area contributed by atoms with E-state index in [9.17, 15) is 14.4 Å². The molecule has 6 nitrogen and oxygen atoms in total. The van der Waals surface area contributed by atoms with Gasteiger partial charge in [-0.2, -0.15) is 0 Å². The van der Waals surface area contributed by atoms with Gasteiger partial charge in [-0.25, -0.2) is 0 Å². The van der Waals surface area contributed by atoms with Gasteiger partial charge in [0.05, 0.1) is 0 Å². The molecule has 2 aliphatic rings. The molecule has 0 saturated carbocycles. The number of carbonyl (C=O) groups is 3. The fourth-order valence-electron chi connectivity index (χ4n) is 3.75. The lowest BCUT2D eigenvalue weighted by atomic mass is 9.97. The number of carboxylic acids is 1. The predicted molar refractivity (Wildman–Crippen MR) is 93.6 cm³/mol. The van der Waals surface area contributed by atoms with Crippen LogP contribution in [-0.2, 0) is 9.59 Å². The largest absolute Gasteiger partial charge is 0.481 e. The molecule has 2 aliphatic heterocycles. The van der Waals surface area contributed by atoms with E-state index in [1.165, 1.54) is 0 Å². The van der Waals surface area contributed by atoms with Crippen LogP contribution in [0.1, 0.15) is 55.3 Å². The number of carboxylic acid groups (broad SMARTS) is 1. The summed E-state index contributed by atoms with van der Waals surface area (Å²) in [7, 11) is 0. The highest BCUT2D eigenvalue weighted by Crippen LogP contribution is 2.26. The van der Waals surface area contributed by atoms with Crippen molar-refractivity contribution in [3.05, 3.63) is 29.8 Å². The van der Waals surface area contributed by atoms with Crippen LogP contribution in [0.15, 0.2) is 24.3 Å². The van der Waals surface area contributed by atoms with E-state index in [1.807, 2.05) is 17.0 Å². The number of nitrogens with zero attached hydrogens (tertiary/aromatic N) is 2. The Morgan fingerprint density at radius 2 is 2.00 bits per heavy atom. The lowest BCUT2D eigenvalue weighted by Gasteiger charge is -2.36. The zero-order chi connectivity index (χ0) is 17.8. The zero-order valence-electron chi connectivity index (χ0n) is 14.3. The number of rotatable bonds is 5. The van der Waals surface area contributed by atoms with E-state index in [1.54, 1.807) is 17.0 Å². The Morgan fingerprint density at radius 1 is 1.16 bits per heavy atom. The van der Waals surface area contributed by atoms with Gasteiger partial charge in [-0.15, -0.1) is 0 Å². The Balaban J connectivity index is 1.76. The standard InChI is InChI=1S/C19H24N2O4/c22-17-8-4-12-20(17)16-7-3-5-14(13-16)19(25)21-11-2-1-6-15(21)9-10-18(23)24/h3,5,7,13,15H,1-2,4,6,8-12H2,(H,23,24)/t15-/m1/s1. The Bertz CT molecular complexity index is 673. The van der Waals surface area contributed by atoms with Gasteiger partial charge in [-0.1, -0.05) is 6.07 Å². The van der Waals surface area contributed by atoms with Crippen molar-refractivity contribution in [1.82, 2.24) is 4.90 Å². The van der Waals surface area contributed by atoms with Crippen LogP contribution in [0.2, 0.25) is 0 Å². The normalized spacial score (nSPS) is 20.8. The quantitative estimate of drug-likeness (QED) is 0.891. The smallest absolute Gasteiger partial charge is 0.303 e. The van der Waals surface area contributed by atoms with Crippen molar-refractivity contribution in [2.24, 2.45) is 0 Å². The Hall–Kier alpha value is -2.37. The van der Waals surface area contributed by atoms with Crippen molar-refractivity contribution in [3.8, 4) is 0 Å². The SMILES string of the molecule is O=C(O)CC[C@H]1CCCCN1C(=O)c1cccc(N2CCCC2=O)c1. The third kappa shape index (κ3) is 4.00. The number of carbonyl (C=O) groups excluding carboxylic acids is 2. The second-order valence-corrected chi connectivity index (χ2v) is 6.78. The molecule has 2 amide bonds. The van der Waals surface area contributed by atoms with Crippen LogP contribution in [0.4, 0.5) is 5.69 Å². The van der Waals surface area contributed by atoms with Crippen LogP contribution in [-0.4, -0.2) is 46.9 Å². The number of likely N-dealkylation sites (tertiary alicyclic amines) is 1. The summed E-state index contributed by atoms with van der Waals surface area (Å²) in [5, 5.41) is 8.93. The van der Waals surface area contributed by atoms with E-state index in [0.717, 1.165) is 31.4 Å². The van der Waals surface area contributed by atoms with Crippen molar-refractivity contribution in [1.29, 1.82) is 0 Å². The highest BCUT2D eigenvalue weighted by molar-refractivity contribution is 5.99. The molecule has 25 heavy (non-hydrogen) atoms. The molecule has 1 N–H and O–H groups in total. The third-order valence-corrected chi connectivity index (χ3v) is 5.06. The van der Waals surface area contributed by atoms with Crippen LogP contribution in [0.25, 0.3) is 0 Å². The molecular formula is C19H24N2O4. The maximum absolute atomic E-state index is 13.0. The maximum atomic E-state index is 13.0. The second kappa shape index (κ2) is 7.68. The lowest BCUT2D eigenvalue weighted by molar-refractivity contribution is -0.137. The molecule has 0 aromatic heterocycles. The molecule has 0 bridgehead atoms. The van der Waals surface area contributed by atoms with E-state index < -0.39 is 5.97 Å². The Kier molecular flexibility index (Phi) is 5.36. The molecule has 2 saturated heterocycles. The number of aliphatic carboxylic acids is 1. The number of hydrogen-bond acceptors (Lipinski definition) is 3. The molecule has 1 aromatic carbocycles. The zero-order valence-corrected chi connectivity index (χ0v) is 14.3. The maximum Gasteiger partial charge on any atom is 0.303 e. The highest BCUT2D eigenvalue weighted by Gasteiger charge is 2.29. The number of piperidine rings is 1. The van der Waals surface area contributed by atoms with Crippen LogP contribution in [0, 0.1) is 0 Å². The summed E-state index contributed by atoms with van der Waals surface area (Å²) in [5.41, 5.74) is 1.34. The van der Waals surface area contributed by atoms with Crippen molar-refractivity contribution in [2.75, 3.05) is 18.0 Å². The molecule has 1 atom stereocenters. The fraction of sp³-hybridized carbons (Fsp3) is 0.526. The molecule has 0 unspecified atom stereocenters. The number of amides is 2. The number of anilines is 1. The van der Waals surface area contributed by atoms with Crippen LogP contribution in [0.5, 0.6) is 0 Å². The van der Waals surface area contributed by atoms with Gasteiger partial charge in [0.15, 0.2) is 0 Å². The van der Waals surface area contributed by atoms with Gasteiger partial charge in [0.1, 0.15) is 0 Å². The summed E-state index contributed by atoms with van der Waals surface area (Å²) in [6, 6.07) is 7.21. The van der Waals surface area contributed by atoms with Gasteiger partial charge >= 0.3 is 5.97 Å². The summed E-state index contributed by atoms with van der Waals surface area (Å²) < 4.78 is 0. The second-order valence-electron chi connectivity index (χ2n) is 6.78. The van der Waals surface area contributed by atoms with Gasteiger partial charge < -0.3 is 14.9 Å². The first-order valence-corrected chi connectivity index (χ1v) is 8.99. The molecule has 1 aromatic rings. The minimum absolute atomic E-state index is 0.0191.